The standard InChI is InChI=1S/C20H21N5/c1-13-9-14(2)11-16(10-13)22-19-12-18(17-5-3-4-8-21-17)24-20(25-19)23-15-6-7-15/h3-5,8-12,15H,6-7H2,1-2H3,(H2,22,23,24,25). The first-order chi connectivity index (χ1) is 12.2. The fourth-order valence-electron chi connectivity index (χ4n) is 2.83. The van der Waals surface area contributed by atoms with Crippen molar-refractivity contribution in [3.63, 3.8) is 0 Å². The Balaban J connectivity index is 1.70. The molecular weight excluding hydrogens is 310 g/mol. The maximum Gasteiger partial charge on any atom is 0.225 e. The molecule has 0 spiro atoms. The number of anilines is 3. The van der Waals surface area contributed by atoms with E-state index in [9.17, 15) is 0 Å². The highest BCUT2D eigenvalue weighted by molar-refractivity contribution is 5.66. The second kappa shape index (κ2) is 6.51. The molecule has 5 nitrogen and oxygen atoms in total. The molecule has 2 N–H and O–H groups in total. The number of nitrogens with one attached hydrogen (secondary N) is 2. The van der Waals surface area contributed by atoms with Crippen LogP contribution in [-0.4, -0.2) is 21.0 Å². The first kappa shape index (κ1) is 15.6. The Morgan fingerprint density at radius 3 is 2.40 bits per heavy atom. The molecule has 5 heteroatoms. The molecule has 0 saturated heterocycles. The monoisotopic (exact) mass is 331 g/mol. The van der Waals surface area contributed by atoms with Gasteiger partial charge in [0.25, 0.3) is 0 Å². The van der Waals surface area contributed by atoms with Crippen LogP contribution in [0.3, 0.4) is 0 Å². The Labute approximate surface area is 147 Å². The maximum atomic E-state index is 4.64. The molecule has 0 bridgehead atoms. The van der Waals surface area contributed by atoms with Crippen molar-refractivity contribution in [3.8, 4) is 11.4 Å². The van der Waals surface area contributed by atoms with Crippen molar-refractivity contribution in [3.05, 3.63) is 59.8 Å². The molecule has 1 aromatic carbocycles. The second-order valence-electron chi connectivity index (χ2n) is 6.60. The predicted molar refractivity (Wildman–Crippen MR) is 101 cm³/mol. The van der Waals surface area contributed by atoms with Crippen LogP contribution < -0.4 is 10.6 Å². The summed E-state index contributed by atoms with van der Waals surface area (Å²) < 4.78 is 0. The molecule has 3 aromatic rings. The van der Waals surface area contributed by atoms with Gasteiger partial charge in [0.2, 0.25) is 5.95 Å². The third-order valence-electron chi connectivity index (χ3n) is 4.06. The number of pyridine rings is 1. The Kier molecular flexibility index (Phi) is 4.06. The molecule has 1 saturated carbocycles. The summed E-state index contributed by atoms with van der Waals surface area (Å²) in [4.78, 5) is 13.7. The third-order valence-corrected chi connectivity index (χ3v) is 4.06. The van der Waals surface area contributed by atoms with E-state index >= 15 is 0 Å². The number of aryl methyl sites for hydroxylation is 2. The van der Waals surface area contributed by atoms with Gasteiger partial charge in [0.05, 0.1) is 11.4 Å². The average Bonchev–Trinajstić information content (AvgIpc) is 3.38. The number of nitrogens with zero attached hydrogens (tertiary/aromatic N) is 3. The Morgan fingerprint density at radius 1 is 0.920 bits per heavy atom. The number of hydrogen-bond donors (Lipinski definition) is 2. The molecule has 4 rings (SSSR count). The van der Waals surface area contributed by atoms with Gasteiger partial charge < -0.3 is 10.6 Å². The first-order valence-electron chi connectivity index (χ1n) is 8.58. The van der Waals surface area contributed by atoms with Crippen molar-refractivity contribution in [2.75, 3.05) is 10.6 Å². The molecule has 2 aromatic heterocycles. The fourth-order valence-corrected chi connectivity index (χ4v) is 2.83. The van der Waals surface area contributed by atoms with Crippen LogP contribution in [0, 0.1) is 13.8 Å². The first-order valence-corrected chi connectivity index (χ1v) is 8.58. The summed E-state index contributed by atoms with van der Waals surface area (Å²) in [5.41, 5.74) is 5.12. The second-order valence-corrected chi connectivity index (χ2v) is 6.60. The summed E-state index contributed by atoms with van der Waals surface area (Å²) in [5.74, 6) is 1.42. The van der Waals surface area contributed by atoms with Gasteiger partial charge in [-0.05, 0) is 62.1 Å². The van der Waals surface area contributed by atoms with Crippen molar-refractivity contribution in [1.82, 2.24) is 15.0 Å². The van der Waals surface area contributed by atoms with Crippen molar-refractivity contribution in [1.29, 1.82) is 0 Å². The van der Waals surface area contributed by atoms with Crippen LogP contribution in [0.1, 0.15) is 24.0 Å². The highest BCUT2D eigenvalue weighted by Crippen LogP contribution is 2.27. The van der Waals surface area contributed by atoms with E-state index in [2.05, 4.69) is 57.6 Å². The lowest BCUT2D eigenvalue weighted by Gasteiger charge is -2.12. The van der Waals surface area contributed by atoms with Crippen molar-refractivity contribution in [2.24, 2.45) is 0 Å². The molecule has 1 aliphatic carbocycles. The van der Waals surface area contributed by atoms with Crippen LogP contribution in [0.2, 0.25) is 0 Å². The van der Waals surface area contributed by atoms with Gasteiger partial charge in [-0.15, -0.1) is 0 Å². The van der Waals surface area contributed by atoms with E-state index < -0.39 is 0 Å². The number of rotatable bonds is 5. The summed E-state index contributed by atoms with van der Waals surface area (Å²) in [7, 11) is 0. The summed E-state index contributed by atoms with van der Waals surface area (Å²) >= 11 is 0. The van der Waals surface area contributed by atoms with Crippen molar-refractivity contribution in [2.45, 2.75) is 32.7 Å². The lowest BCUT2D eigenvalue weighted by Crippen LogP contribution is -2.08. The summed E-state index contributed by atoms with van der Waals surface area (Å²) in [6, 6.07) is 14.7. The summed E-state index contributed by atoms with van der Waals surface area (Å²) in [6.45, 7) is 4.19. The van der Waals surface area contributed by atoms with Gasteiger partial charge in [0, 0.05) is 24.0 Å². The molecule has 126 valence electrons. The van der Waals surface area contributed by atoms with E-state index in [0.29, 0.717) is 12.0 Å². The van der Waals surface area contributed by atoms with Crippen molar-refractivity contribution >= 4 is 17.5 Å². The van der Waals surface area contributed by atoms with Gasteiger partial charge >= 0.3 is 0 Å². The van der Waals surface area contributed by atoms with E-state index in [1.54, 1.807) is 6.20 Å². The SMILES string of the molecule is Cc1cc(C)cc(Nc2cc(-c3ccccn3)nc(NC3CC3)n2)c1. The van der Waals surface area contributed by atoms with Crippen LogP contribution in [-0.2, 0) is 0 Å². The van der Waals surface area contributed by atoms with Gasteiger partial charge in [-0.2, -0.15) is 4.98 Å². The molecule has 0 atom stereocenters. The topological polar surface area (TPSA) is 62.7 Å². The zero-order valence-corrected chi connectivity index (χ0v) is 14.5. The summed E-state index contributed by atoms with van der Waals surface area (Å²) in [6.07, 6.45) is 4.14. The predicted octanol–water partition coefficient (Wildman–Crippen LogP) is 4.47. The molecule has 0 aliphatic heterocycles. The quantitative estimate of drug-likeness (QED) is 0.722. The zero-order chi connectivity index (χ0) is 17.2. The lowest BCUT2D eigenvalue weighted by molar-refractivity contribution is 1.05. The van der Waals surface area contributed by atoms with Crippen LogP contribution >= 0.6 is 0 Å². The van der Waals surface area contributed by atoms with Gasteiger partial charge in [-0.3, -0.25) is 4.98 Å². The highest BCUT2D eigenvalue weighted by atomic mass is 15.2. The van der Waals surface area contributed by atoms with E-state index in [-0.39, 0.29) is 0 Å². The lowest BCUT2D eigenvalue weighted by atomic mass is 10.1. The molecule has 1 aliphatic rings. The van der Waals surface area contributed by atoms with Crippen molar-refractivity contribution < 1.29 is 0 Å². The highest BCUT2D eigenvalue weighted by Gasteiger charge is 2.22. The minimum absolute atomic E-state index is 0.494. The van der Waals surface area contributed by atoms with E-state index in [4.69, 9.17) is 0 Å². The molecule has 1 fully saturated rings. The van der Waals surface area contributed by atoms with Gasteiger partial charge in [-0.1, -0.05) is 12.1 Å². The number of aromatic nitrogens is 3. The van der Waals surface area contributed by atoms with E-state index in [0.717, 1.165) is 22.9 Å². The Bertz CT molecular complexity index is 868. The Morgan fingerprint density at radius 2 is 1.72 bits per heavy atom. The van der Waals surface area contributed by atoms with Crippen LogP contribution in [0.4, 0.5) is 17.5 Å². The van der Waals surface area contributed by atoms with E-state index in [1.165, 1.54) is 24.0 Å². The van der Waals surface area contributed by atoms with Crippen LogP contribution in [0.5, 0.6) is 0 Å². The van der Waals surface area contributed by atoms with Gasteiger partial charge in [-0.25, -0.2) is 4.98 Å². The molecule has 2 heterocycles. The molecule has 0 radical (unpaired) electrons. The Hall–Kier alpha value is -2.95. The smallest absolute Gasteiger partial charge is 0.225 e. The molecular formula is C20H21N5. The normalized spacial score (nSPS) is 13.5. The molecule has 0 amide bonds. The third kappa shape index (κ3) is 3.94. The zero-order valence-electron chi connectivity index (χ0n) is 14.5. The van der Waals surface area contributed by atoms with Gasteiger partial charge in [0.1, 0.15) is 5.82 Å². The van der Waals surface area contributed by atoms with Crippen LogP contribution in [0.15, 0.2) is 48.7 Å². The fraction of sp³-hybridized carbons (Fsp3) is 0.250. The summed E-state index contributed by atoms with van der Waals surface area (Å²) in [5, 5.41) is 6.80. The minimum atomic E-state index is 0.494. The number of hydrogen-bond acceptors (Lipinski definition) is 5. The minimum Gasteiger partial charge on any atom is -0.351 e. The molecule has 0 unspecified atom stereocenters. The van der Waals surface area contributed by atoms with Gasteiger partial charge in [0.15, 0.2) is 0 Å². The van der Waals surface area contributed by atoms with Crippen LogP contribution in [0.25, 0.3) is 11.4 Å². The van der Waals surface area contributed by atoms with E-state index in [1.807, 2.05) is 24.3 Å². The largest absolute Gasteiger partial charge is 0.351 e. The number of benzene rings is 1. The average molecular weight is 331 g/mol. The molecule has 25 heavy (non-hydrogen) atoms. The maximum absolute atomic E-state index is 4.64.